The summed E-state index contributed by atoms with van der Waals surface area (Å²) in [4.78, 5) is 12.5. The zero-order valence-electron chi connectivity index (χ0n) is 22.9. The third-order valence-corrected chi connectivity index (χ3v) is 6.92. The van der Waals surface area contributed by atoms with Crippen molar-refractivity contribution in [2.75, 3.05) is 0 Å². The molecule has 216 valence electrons. The summed E-state index contributed by atoms with van der Waals surface area (Å²) in [5.74, 6) is -0.242. The van der Waals surface area contributed by atoms with Crippen molar-refractivity contribution >= 4 is 29.2 Å². The van der Waals surface area contributed by atoms with Crippen molar-refractivity contribution in [3.63, 3.8) is 0 Å². The highest BCUT2D eigenvalue weighted by Gasteiger charge is 2.30. The molecular formula is C31H33Cl2F3O4. The van der Waals surface area contributed by atoms with Gasteiger partial charge >= 0.3 is 12.1 Å². The van der Waals surface area contributed by atoms with Gasteiger partial charge < -0.3 is 14.2 Å². The number of esters is 1. The molecule has 0 aromatic heterocycles. The molecule has 0 aliphatic carbocycles. The Bertz CT molecular complexity index is 1260. The second-order valence-corrected chi connectivity index (χ2v) is 11.1. The van der Waals surface area contributed by atoms with Crippen molar-refractivity contribution in [3.05, 3.63) is 99.0 Å². The lowest BCUT2D eigenvalue weighted by molar-refractivity contribution is -0.163. The summed E-state index contributed by atoms with van der Waals surface area (Å²) >= 11 is 13.1. The van der Waals surface area contributed by atoms with Gasteiger partial charge in [0.15, 0.2) is 6.10 Å². The average Bonchev–Trinajstić information content (AvgIpc) is 2.89. The smallest absolute Gasteiger partial charge is 0.416 e. The fraction of sp³-hybridized carbons (Fsp3) is 0.387. The summed E-state index contributed by atoms with van der Waals surface area (Å²) < 4.78 is 56.7. The summed E-state index contributed by atoms with van der Waals surface area (Å²) in [6.45, 7) is 7.42. The molecule has 40 heavy (non-hydrogen) atoms. The Kier molecular flexibility index (Phi) is 10.9. The molecule has 0 amide bonds. The van der Waals surface area contributed by atoms with E-state index in [0.29, 0.717) is 30.4 Å². The molecule has 0 radical (unpaired) electrons. The maximum absolute atomic E-state index is 13.1. The van der Waals surface area contributed by atoms with Gasteiger partial charge in [0, 0.05) is 0 Å². The number of carbonyl (C=O) groups excluding carboxylic acids is 1. The van der Waals surface area contributed by atoms with Crippen LogP contribution < -0.4 is 4.74 Å². The number of rotatable bonds is 11. The molecule has 4 nitrogen and oxygen atoms in total. The van der Waals surface area contributed by atoms with Crippen molar-refractivity contribution in [2.24, 2.45) is 0 Å². The van der Waals surface area contributed by atoms with Crippen LogP contribution in [0.25, 0.3) is 0 Å². The predicted molar refractivity (Wildman–Crippen MR) is 151 cm³/mol. The van der Waals surface area contributed by atoms with Crippen LogP contribution in [-0.2, 0) is 33.5 Å². The summed E-state index contributed by atoms with van der Waals surface area (Å²) in [5.41, 5.74) is 0.891. The number of halogens is 5. The highest BCUT2D eigenvalue weighted by Crippen LogP contribution is 2.38. The summed E-state index contributed by atoms with van der Waals surface area (Å²) in [5, 5.41) is 0.435. The Labute approximate surface area is 243 Å². The maximum Gasteiger partial charge on any atom is 0.416 e. The van der Waals surface area contributed by atoms with E-state index < -0.39 is 35.5 Å². The van der Waals surface area contributed by atoms with Crippen molar-refractivity contribution < 1.29 is 32.2 Å². The minimum atomic E-state index is -4.42. The zero-order valence-corrected chi connectivity index (χ0v) is 24.4. The molecule has 3 rings (SSSR count). The van der Waals surface area contributed by atoms with E-state index in [0.717, 1.165) is 17.7 Å². The van der Waals surface area contributed by atoms with E-state index in [1.807, 2.05) is 30.3 Å². The third kappa shape index (κ3) is 9.15. The molecule has 0 bridgehead atoms. The first kappa shape index (κ1) is 31.8. The van der Waals surface area contributed by atoms with Crippen LogP contribution in [0, 0.1) is 0 Å². The van der Waals surface area contributed by atoms with Crippen molar-refractivity contribution in [1.82, 2.24) is 0 Å². The second-order valence-electron chi connectivity index (χ2n) is 10.3. The van der Waals surface area contributed by atoms with Crippen LogP contribution >= 0.6 is 23.2 Å². The molecule has 0 N–H and O–H groups in total. The molecule has 3 aromatic carbocycles. The van der Waals surface area contributed by atoms with Crippen LogP contribution in [0.2, 0.25) is 10.0 Å². The topological polar surface area (TPSA) is 44.8 Å². The summed E-state index contributed by atoms with van der Waals surface area (Å²) in [6.07, 6.45) is -4.53. The van der Waals surface area contributed by atoms with Gasteiger partial charge in [0.1, 0.15) is 16.4 Å². The number of aryl methyl sites for hydroxylation is 1. The van der Waals surface area contributed by atoms with E-state index in [1.54, 1.807) is 39.8 Å². The van der Waals surface area contributed by atoms with Gasteiger partial charge in [0.2, 0.25) is 0 Å². The molecule has 2 unspecified atom stereocenters. The van der Waals surface area contributed by atoms with E-state index >= 15 is 0 Å². The van der Waals surface area contributed by atoms with Crippen molar-refractivity contribution in [3.8, 4) is 5.75 Å². The highest BCUT2D eigenvalue weighted by atomic mass is 35.5. The molecule has 2 atom stereocenters. The first-order chi connectivity index (χ1) is 18.8. The number of ether oxygens (including phenoxy) is 3. The predicted octanol–water partition coefficient (Wildman–Crippen LogP) is 9.40. The standard InChI is InChI=1S/C31H33Cl2F3O4/c1-5-24(29(37)40-30(2,3)4)39-26-18-14-22(27(32)28(26)33)13-17-25(38-19-20-9-7-6-8-10-20)21-11-15-23(16-12-21)31(34,35)36/h6-12,14-16,18,24-25H,5,13,17,19H2,1-4H3. The Morgan fingerprint density at radius 1 is 0.900 bits per heavy atom. The number of carbonyl (C=O) groups is 1. The van der Waals surface area contributed by atoms with Crippen molar-refractivity contribution in [2.45, 2.75) is 77.5 Å². The molecule has 0 fully saturated rings. The number of benzene rings is 3. The summed E-state index contributed by atoms with van der Waals surface area (Å²) in [7, 11) is 0. The van der Waals surface area contributed by atoms with Crippen LogP contribution in [0.4, 0.5) is 13.2 Å². The lowest BCUT2D eigenvalue weighted by Gasteiger charge is -2.24. The van der Waals surface area contributed by atoms with E-state index in [-0.39, 0.29) is 22.4 Å². The molecular weight excluding hydrogens is 564 g/mol. The molecule has 0 spiro atoms. The molecule has 3 aromatic rings. The normalized spacial score (nSPS) is 13.5. The maximum atomic E-state index is 13.1. The molecule has 0 saturated carbocycles. The zero-order chi connectivity index (χ0) is 29.5. The number of alkyl halides is 3. The Morgan fingerprint density at radius 3 is 2.12 bits per heavy atom. The van der Waals surface area contributed by atoms with Gasteiger partial charge in [-0.15, -0.1) is 0 Å². The quantitative estimate of drug-likeness (QED) is 0.207. The Balaban J connectivity index is 1.76. The summed E-state index contributed by atoms with van der Waals surface area (Å²) in [6, 6.07) is 17.9. The molecule has 9 heteroatoms. The lowest BCUT2D eigenvalue weighted by atomic mass is 9.99. The molecule has 0 saturated heterocycles. The van der Waals surface area contributed by atoms with Gasteiger partial charge in [-0.1, -0.05) is 78.7 Å². The van der Waals surface area contributed by atoms with Gasteiger partial charge in [0.05, 0.1) is 23.3 Å². The SMILES string of the molecule is CCC(Oc1ccc(CCC(OCc2ccccc2)c2ccc(C(F)(F)F)cc2)c(Cl)c1Cl)C(=O)OC(C)(C)C. The largest absolute Gasteiger partial charge is 0.477 e. The van der Waals surface area contributed by atoms with Gasteiger partial charge in [-0.2, -0.15) is 13.2 Å². The van der Waals surface area contributed by atoms with Crippen LogP contribution in [0.5, 0.6) is 5.75 Å². The average molecular weight is 598 g/mol. The number of hydrogen-bond acceptors (Lipinski definition) is 4. The van der Waals surface area contributed by atoms with E-state index in [9.17, 15) is 18.0 Å². The Hall–Kier alpha value is -2.74. The van der Waals surface area contributed by atoms with Crippen LogP contribution in [0.3, 0.4) is 0 Å². The molecule has 0 aliphatic rings. The Morgan fingerprint density at radius 2 is 1.55 bits per heavy atom. The van der Waals surface area contributed by atoms with Gasteiger partial charge in [-0.3, -0.25) is 0 Å². The highest BCUT2D eigenvalue weighted by molar-refractivity contribution is 6.43. The van der Waals surface area contributed by atoms with Gasteiger partial charge in [-0.25, -0.2) is 4.79 Å². The van der Waals surface area contributed by atoms with Crippen LogP contribution in [0.15, 0.2) is 66.7 Å². The first-order valence-electron chi connectivity index (χ1n) is 13.0. The fourth-order valence-corrected chi connectivity index (χ4v) is 4.44. The third-order valence-electron chi connectivity index (χ3n) is 6.02. The van der Waals surface area contributed by atoms with E-state index in [1.165, 1.54) is 12.1 Å². The van der Waals surface area contributed by atoms with Gasteiger partial charge in [-0.05, 0) is 74.9 Å². The minimum Gasteiger partial charge on any atom is -0.477 e. The fourth-order valence-electron chi connectivity index (χ4n) is 3.97. The van der Waals surface area contributed by atoms with E-state index in [2.05, 4.69) is 0 Å². The van der Waals surface area contributed by atoms with Crippen LogP contribution in [-0.4, -0.2) is 17.7 Å². The van der Waals surface area contributed by atoms with Crippen LogP contribution in [0.1, 0.15) is 68.9 Å². The number of hydrogen-bond donors (Lipinski definition) is 0. The first-order valence-corrected chi connectivity index (χ1v) is 13.7. The minimum absolute atomic E-state index is 0.164. The monoisotopic (exact) mass is 596 g/mol. The van der Waals surface area contributed by atoms with Crippen molar-refractivity contribution in [1.29, 1.82) is 0 Å². The lowest BCUT2D eigenvalue weighted by Crippen LogP contribution is -2.35. The second kappa shape index (κ2) is 13.7. The molecule has 0 heterocycles. The van der Waals surface area contributed by atoms with Gasteiger partial charge in [0.25, 0.3) is 0 Å². The molecule has 0 aliphatic heterocycles. The van der Waals surface area contributed by atoms with E-state index in [4.69, 9.17) is 37.4 Å².